The fraction of sp³-hybridized carbons (Fsp3) is 0.0882. The number of furan rings is 1. The summed E-state index contributed by atoms with van der Waals surface area (Å²) in [4.78, 5) is 18.7. The highest BCUT2D eigenvalue weighted by atomic mass is 79.9. The van der Waals surface area contributed by atoms with Crippen molar-refractivity contribution < 1.29 is 9.15 Å². The Bertz CT molecular complexity index is 2280. The predicted molar refractivity (Wildman–Crippen MR) is 178 cm³/mol. The second-order valence-electron chi connectivity index (χ2n) is 10.1. The van der Waals surface area contributed by atoms with Crippen LogP contribution in [0.25, 0.3) is 44.4 Å². The molecule has 0 atom stereocenters. The number of benzene rings is 4. The average molecular weight is 696 g/mol. The first-order valence-corrected chi connectivity index (χ1v) is 15.2. The Kier molecular flexibility index (Phi) is 6.99. The molecule has 212 valence electrons. The van der Waals surface area contributed by atoms with Crippen LogP contribution < -0.4 is 10.3 Å². The van der Waals surface area contributed by atoms with E-state index in [9.17, 15) is 4.79 Å². The monoisotopic (exact) mass is 694 g/mol. The maximum Gasteiger partial charge on any atom is 0.282 e. The van der Waals surface area contributed by atoms with Crippen molar-refractivity contribution in [2.75, 3.05) is 7.11 Å². The molecule has 0 radical (unpaired) electrons. The molecule has 3 heterocycles. The second-order valence-corrected chi connectivity index (χ2v) is 11.9. The third kappa shape index (κ3) is 4.78. The van der Waals surface area contributed by atoms with Crippen LogP contribution in [-0.4, -0.2) is 27.6 Å². The minimum absolute atomic E-state index is 0.288. The van der Waals surface area contributed by atoms with Crippen LogP contribution in [0.3, 0.4) is 0 Å². The van der Waals surface area contributed by atoms with Crippen LogP contribution in [0.2, 0.25) is 0 Å². The SMILES string of the molecule is COc1cccc2oc(-c3nc4ccccc4c(=O)n3N=Cc3c(C)n(Cc4ccc(Br)cc4Br)c4ccccc34)cc12. The Morgan fingerprint density at radius 2 is 1.72 bits per heavy atom. The van der Waals surface area contributed by atoms with Crippen molar-refractivity contribution >= 4 is 70.8 Å². The summed E-state index contributed by atoms with van der Waals surface area (Å²) in [6.45, 7) is 2.74. The lowest BCUT2D eigenvalue weighted by Crippen LogP contribution is -2.20. The highest BCUT2D eigenvalue weighted by Crippen LogP contribution is 2.33. The number of fused-ring (bicyclic) bond motifs is 3. The molecule has 0 unspecified atom stereocenters. The molecule has 43 heavy (non-hydrogen) atoms. The van der Waals surface area contributed by atoms with E-state index in [0.717, 1.165) is 42.1 Å². The van der Waals surface area contributed by atoms with E-state index >= 15 is 0 Å². The molecule has 9 heteroatoms. The lowest BCUT2D eigenvalue weighted by Gasteiger charge is -2.11. The van der Waals surface area contributed by atoms with Gasteiger partial charge in [0.1, 0.15) is 11.3 Å². The van der Waals surface area contributed by atoms with Crippen molar-refractivity contribution in [1.82, 2.24) is 14.2 Å². The molecule has 0 spiro atoms. The molecule has 3 aromatic heterocycles. The molecule has 4 aromatic carbocycles. The number of para-hydroxylation sites is 2. The van der Waals surface area contributed by atoms with Gasteiger partial charge >= 0.3 is 0 Å². The van der Waals surface area contributed by atoms with Crippen molar-refractivity contribution in [2.24, 2.45) is 5.10 Å². The molecular weight excluding hydrogens is 672 g/mol. The van der Waals surface area contributed by atoms with Gasteiger partial charge in [-0.3, -0.25) is 4.79 Å². The zero-order valence-electron chi connectivity index (χ0n) is 23.2. The van der Waals surface area contributed by atoms with Gasteiger partial charge in [-0.25, -0.2) is 4.98 Å². The van der Waals surface area contributed by atoms with E-state index < -0.39 is 0 Å². The van der Waals surface area contributed by atoms with E-state index in [4.69, 9.17) is 19.2 Å². The number of hydrogen-bond acceptors (Lipinski definition) is 5. The molecule has 0 aliphatic rings. The molecule has 0 saturated carbocycles. The maximum atomic E-state index is 13.9. The minimum Gasteiger partial charge on any atom is -0.496 e. The number of halogens is 2. The molecule has 7 nitrogen and oxygen atoms in total. The molecule has 0 amide bonds. The van der Waals surface area contributed by atoms with E-state index in [0.29, 0.717) is 40.4 Å². The molecule has 0 N–H and O–H groups in total. The Morgan fingerprint density at radius 3 is 2.53 bits per heavy atom. The van der Waals surface area contributed by atoms with Crippen molar-refractivity contribution in [3.8, 4) is 17.3 Å². The van der Waals surface area contributed by atoms with Crippen molar-refractivity contribution in [1.29, 1.82) is 0 Å². The van der Waals surface area contributed by atoms with Gasteiger partial charge < -0.3 is 13.7 Å². The van der Waals surface area contributed by atoms with Gasteiger partial charge in [0.2, 0.25) is 5.82 Å². The maximum absolute atomic E-state index is 13.9. The Balaban J connectivity index is 1.40. The first-order chi connectivity index (χ1) is 20.9. The summed E-state index contributed by atoms with van der Waals surface area (Å²) in [5.41, 5.74) is 5.07. The molecule has 0 aliphatic heterocycles. The summed E-state index contributed by atoms with van der Waals surface area (Å²) in [6, 6.07) is 29.1. The van der Waals surface area contributed by atoms with Crippen LogP contribution in [0, 0.1) is 6.92 Å². The van der Waals surface area contributed by atoms with E-state index in [1.54, 1.807) is 19.4 Å². The quantitative estimate of drug-likeness (QED) is 0.164. The highest BCUT2D eigenvalue weighted by Gasteiger charge is 2.19. The number of methoxy groups -OCH3 is 1. The normalized spacial score (nSPS) is 11.8. The summed E-state index contributed by atoms with van der Waals surface area (Å²) in [5.74, 6) is 1.39. The van der Waals surface area contributed by atoms with E-state index in [-0.39, 0.29) is 5.56 Å². The third-order valence-electron chi connectivity index (χ3n) is 7.64. The zero-order chi connectivity index (χ0) is 29.7. The summed E-state index contributed by atoms with van der Waals surface area (Å²) in [5, 5.41) is 7.07. The van der Waals surface area contributed by atoms with Crippen molar-refractivity contribution in [2.45, 2.75) is 13.5 Å². The lowest BCUT2D eigenvalue weighted by molar-refractivity contribution is 0.419. The molecule has 0 saturated heterocycles. The summed E-state index contributed by atoms with van der Waals surface area (Å²) in [7, 11) is 1.62. The number of hydrogen-bond donors (Lipinski definition) is 0. The Morgan fingerprint density at radius 1 is 0.930 bits per heavy atom. The second kappa shape index (κ2) is 11.0. The largest absolute Gasteiger partial charge is 0.496 e. The van der Waals surface area contributed by atoms with Crippen LogP contribution in [0.5, 0.6) is 5.75 Å². The van der Waals surface area contributed by atoms with Crippen LogP contribution in [0.15, 0.2) is 114 Å². The van der Waals surface area contributed by atoms with Crippen molar-refractivity contribution in [3.63, 3.8) is 0 Å². The van der Waals surface area contributed by atoms with E-state index in [2.05, 4.69) is 61.5 Å². The Labute approximate surface area is 263 Å². The van der Waals surface area contributed by atoms with Gasteiger partial charge in [-0.2, -0.15) is 9.78 Å². The molecule has 0 fully saturated rings. The highest BCUT2D eigenvalue weighted by molar-refractivity contribution is 9.11. The fourth-order valence-corrected chi connectivity index (χ4v) is 6.65. The van der Waals surface area contributed by atoms with E-state index in [1.165, 1.54) is 4.68 Å². The van der Waals surface area contributed by atoms with Gasteiger partial charge in [0.25, 0.3) is 5.56 Å². The standard InChI is InChI=1S/C34H24Br2N4O3/c1-20-26(23-8-4-6-11-29(23)39(20)19-21-14-15-22(35)16-27(21)36)18-37-40-33(38-28-10-5-3-9-24(28)34(40)41)32-17-25-30(42-2)12-7-13-31(25)43-32/h3-18H,19H2,1-2H3. The van der Waals surface area contributed by atoms with Crippen molar-refractivity contribution in [3.05, 3.63) is 127 Å². The van der Waals surface area contributed by atoms with Crippen LogP contribution in [0.4, 0.5) is 0 Å². The van der Waals surface area contributed by atoms with Gasteiger partial charge in [0, 0.05) is 37.7 Å². The first-order valence-electron chi connectivity index (χ1n) is 13.6. The average Bonchev–Trinajstić information content (AvgIpc) is 3.57. The summed E-state index contributed by atoms with van der Waals surface area (Å²) < 4.78 is 17.3. The number of aromatic nitrogens is 3. The van der Waals surface area contributed by atoms with Gasteiger partial charge in [0.05, 0.1) is 29.6 Å². The zero-order valence-corrected chi connectivity index (χ0v) is 26.4. The minimum atomic E-state index is -0.288. The summed E-state index contributed by atoms with van der Waals surface area (Å²) in [6.07, 6.45) is 1.75. The van der Waals surface area contributed by atoms with Gasteiger partial charge in [-0.1, -0.05) is 74.3 Å². The van der Waals surface area contributed by atoms with Gasteiger partial charge in [-0.15, -0.1) is 0 Å². The third-order valence-corrected chi connectivity index (χ3v) is 8.87. The van der Waals surface area contributed by atoms with Crippen LogP contribution >= 0.6 is 31.9 Å². The van der Waals surface area contributed by atoms with Crippen LogP contribution in [0.1, 0.15) is 16.8 Å². The van der Waals surface area contributed by atoms with Gasteiger partial charge in [-0.05, 0) is 61.0 Å². The molecule has 0 bridgehead atoms. The molecule has 7 aromatic rings. The topological polar surface area (TPSA) is 74.6 Å². The number of rotatable bonds is 6. The van der Waals surface area contributed by atoms with Gasteiger partial charge in [0.15, 0.2) is 5.76 Å². The molecule has 0 aliphatic carbocycles. The van der Waals surface area contributed by atoms with Crippen LogP contribution in [-0.2, 0) is 6.54 Å². The molecular formula is C34H24Br2N4O3. The Hall–Kier alpha value is -4.47. The lowest BCUT2D eigenvalue weighted by atomic mass is 10.1. The smallest absolute Gasteiger partial charge is 0.282 e. The molecule has 7 rings (SSSR count). The first kappa shape index (κ1) is 27.4. The predicted octanol–water partition coefficient (Wildman–Crippen LogP) is 8.54. The summed E-state index contributed by atoms with van der Waals surface area (Å²) >= 11 is 7.25. The number of nitrogens with zero attached hydrogens (tertiary/aromatic N) is 4. The number of ether oxygens (including phenoxy) is 1. The van der Waals surface area contributed by atoms with E-state index in [1.807, 2.05) is 66.7 Å². The fourth-order valence-electron chi connectivity index (χ4n) is 5.47.